The van der Waals surface area contributed by atoms with Gasteiger partial charge >= 0.3 is 0 Å². The number of nitrogen functional groups attached to an aromatic ring is 1. The molecule has 0 spiro atoms. The number of allylic oxidation sites excluding steroid dienone is 1. The standard InChI is InChI=1S/C12H15ClN2O/c1-2-3-4-8-15-12(16)11-9(13)6-5-7-10(11)14/h2-3,5-7H,4,8,14H2,1H3,(H,15,16)/b3-2+. The molecule has 16 heavy (non-hydrogen) atoms. The van der Waals surface area contributed by atoms with Gasteiger partial charge in [0.2, 0.25) is 0 Å². The Hall–Kier alpha value is -1.48. The SMILES string of the molecule is C/C=C/CCNC(=O)c1c(N)cccc1Cl. The zero-order valence-corrected chi connectivity index (χ0v) is 9.92. The second-order valence-electron chi connectivity index (χ2n) is 3.32. The van der Waals surface area contributed by atoms with Crippen LogP contribution in [0.3, 0.4) is 0 Å². The summed E-state index contributed by atoms with van der Waals surface area (Å²) in [6.45, 7) is 2.52. The third-order valence-electron chi connectivity index (χ3n) is 2.11. The number of rotatable bonds is 4. The van der Waals surface area contributed by atoms with Crippen molar-refractivity contribution < 1.29 is 4.79 Å². The molecule has 0 aliphatic rings. The molecule has 1 amide bonds. The van der Waals surface area contributed by atoms with Crippen molar-refractivity contribution in [2.45, 2.75) is 13.3 Å². The van der Waals surface area contributed by atoms with Crippen molar-refractivity contribution >= 4 is 23.2 Å². The summed E-state index contributed by atoms with van der Waals surface area (Å²) in [5, 5.41) is 3.14. The lowest BCUT2D eigenvalue weighted by Crippen LogP contribution is -2.25. The third kappa shape index (κ3) is 3.28. The molecule has 0 aliphatic heterocycles. The summed E-state index contributed by atoms with van der Waals surface area (Å²) in [5.74, 6) is -0.229. The summed E-state index contributed by atoms with van der Waals surface area (Å²) >= 11 is 5.91. The molecule has 0 unspecified atom stereocenters. The van der Waals surface area contributed by atoms with Crippen LogP contribution in [-0.4, -0.2) is 12.5 Å². The van der Waals surface area contributed by atoms with Crippen molar-refractivity contribution in [3.05, 3.63) is 40.9 Å². The molecule has 3 N–H and O–H groups in total. The number of carbonyl (C=O) groups excluding carboxylic acids is 1. The lowest BCUT2D eigenvalue weighted by atomic mass is 10.1. The molecule has 4 heteroatoms. The number of nitrogens with one attached hydrogen (secondary N) is 1. The van der Waals surface area contributed by atoms with Crippen molar-refractivity contribution in [1.82, 2.24) is 5.32 Å². The van der Waals surface area contributed by atoms with Crippen molar-refractivity contribution in [3.8, 4) is 0 Å². The molecule has 0 aliphatic carbocycles. The summed E-state index contributed by atoms with van der Waals surface area (Å²) in [6, 6.07) is 5.03. The van der Waals surface area contributed by atoms with Gasteiger partial charge in [-0.3, -0.25) is 4.79 Å². The molecule has 0 radical (unpaired) electrons. The maximum atomic E-state index is 11.7. The lowest BCUT2D eigenvalue weighted by molar-refractivity contribution is 0.0955. The Morgan fingerprint density at radius 2 is 2.31 bits per heavy atom. The minimum absolute atomic E-state index is 0.229. The molecule has 0 saturated heterocycles. The van der Waals surface area contributed by atoms with Gasteiger partial charge in [0.05, 0.1) is 10.6 Å². The van der Waals surface area contributed by atoms with E-state index in [1.165, 1.54) is 0 Å². The highest BCUT2D eigenvalue weighted by atomic mass is 35.5. The second-order valence-corrected chi connectivity index (χ2v) is 3.72. The number of anilines is 1. The van der Waals surface area contributed by atoms with E-state index in [0.717, 1.165) is 6.42 Å². The van der Waals surface area contributed by atoms with Crippen molar-refractivity contribution in [3.63, 3.8) is 0 Å². The van der Waals surface area contributed by atoms with Crippen LogP contribution < -0.4 is 11.1 Å². The summed E-state index contributed by atoms with van der Waals surface area (Å²) in [5.41, 5.74) is 6.44. The summed E-state index contributed by atoms with van der Waals surface area (Å²) in [7, 11) is 0. The van der Waals surface area contributed by atoms with E-state index in [1.54, 1.807) is 18.2 Å². The van der Waals surface area contributed by atoms with Gasteiger partial charge in [-0.1, -0.05) is 29.8 Å². The molecule has 0 fully saturated rings. The molecular weight excluding hydrogens is 224 g/mol. The van der Waals surface area contributed by atoms with Gasteiger partial charge in [-0.15, -0.1) is 0 Å². The first-order chi connectivity index (χ1) is 7.66. The van der Waals surface area contributed by atoms with Gasteiger partial charge < -0.3 is 11.1 Å². The third-order valence-corrected chi connectivity index (χ3v) is 2.42. The van der Waals surface area contributed by atoms with Crippen molar-refractivity contribution in [2.75, 3.05) is 12.3 Å². The number of carbonyl (C=O) groups is 1. The van der Waals surface area contributed by atoms with Crippen LogP contribution in [0, 0.1) is 0 Å². The van der Waals surface area contributed by atoms with E-state index < -0.39 is 0 Å². The zero-order valence-electron chi connectivity index (χ0n) is 9.16. The molecule has 3 nitrogen and oxygen atoms in total. The Bertz CT molecular complexity index is 382. The topological polar surface area (TPSA) is 55.1 Å². The monoisotopic (exact) mass is 238 g/mol. The Kier molecular flexibility index (Phi) is 4.86. The van der Waals surface area contributed by atoms with E-state index in [-0.39, 0.29) is 5.91 Å². The molecule has 0 bridgehead atoms. The van der Waals surface area contributed by atoms with Gasteiger partial charge in [0.15, 0.2) is 0 Å². The molecule has 1 aromatic rings. The average Bonchev–Trinajstić information content (AvgIpc) is 2.24. The summed E-state index contributed by atoms with van der Waals surface area (Å²) < 4.78 is 0. The van der Waals surface area contributed by atoms with Gasteiger partial charge in [0.1, 0.15) is 0 Å². The van der Waals surface area contributed by atoms with Crippen LogP contribution in [0.2, 0.25) is 5.02 Å². The van der Waals surface area contributed by atoms with Crippen LogP contribution in [-0.2, 0) is 0 Å². The van der Waals surface area contributed by atoms with Crippen molar-refractivity contribution in [2.24, 2.45) is 0 Å². The Morgan fingerprint density at radius 1 is 1.56 bits per heavy atom. The normalized spacial score (nSPS) is 10.6. The molecule has 1 aromatic carbocycles. The van der Waals surface area contributed by atoms with Crippen LogP contribution >= 0.6 is 11.6 Å². The van der Waals surface area contributed by atoms with E-state index in [0.29, 0.717) is 22.8 Å². The van der Waals surface area contributed by atoms with E-state index in [2.05, 4.69) is 5.32 Å². The predicted octanol–water partition coefficient (Wildman–Crippen LogP) is 2.62. The molecule has 0 heterocycles. The van der Waals surface area contributed by atoms with E-state index in [4.69, 9.17) is 17.3 Å². The first kappa shape index (κ1) is 12.6. The Labute approximate surface area is 100 Å². The Balaban J connectivity index is 2.66. The fourth-order valence-electron chi connectivity index (χ4n) is 1.30. The minimum atomic E-state index is -0.229. The fourth-order valence-corrected chi connectivity index (χ4v) is 1.57. The van der Waals surface area contributed by atoms with Gasteiger partial charge in [-0.05, 0) is 25.5 Å². The average molecular weight is 239 g/mol. The summed E-state index contributed by atoms with van der Waals surface area (Å²) in [4.78, 5) is 11.7. The minimum Gasteiger partial charge on any atom is -0.398 e. The van der Waals surface area contributed by atoms with Gasteiger partial charge in [-0.2, -0.15) is 0 Å². The highest BCUT2D eigenvalue weighted by molar-refractivity contribution is 6.34. The number of hydrogen-bond donors (Lipinski definition) is 2. The molecule has 0 aromatic heterocycles. The highest BCUT2D eigenvalue weighted by Crippen LogP contribution is 2.21. The first-order valence-electron chi connectivity index (χ1n) is 5.10. The second kappa shape index (κ2) is 6.18. The quantitative estimate of drug-likeness (QED) is 0.481. The fraction of sp³-hybridized carbons (Fsp3) is 0.250. The van der Waals surface area contributed by atoms with Crippen molar-refractivity contribution in [1.29, 1.82) is 0 Å². The zero-order chi connectivity index (χ0) is 12.0. The van der Waals surface area contributed by atoms with Crippen LogP contribution in [0.5, 0.6) is 0 Å². The molecular formula is C12H15ClN2O. The van der Waals surface area contributed by atoms with E-state index in [9.17, 15) is 4.79 Å². The summed E-state index contributed by atoms with van der Waals surface area (Å²) in [6.07, 6.45) is 4.72. The van der Waals surface area contributed by atoms with E-state index in [1.807, 2.05) is 19.1 Å². The first-order valence-corrected chi connectivity index (χ1v) is 5.48. The number of nitrogens with two attached hydrogens (primary N) is 1. The van der Waals surface area contributed by atoms with Crippen LogP contribution in [0.15, 0.2) is 30.4 Å². The molecule has 0 saturated carbocycles. The Morgan fingerprint density at radius 3 is 2.94 bits per heavy atom. The van der Waals surface area contributed by atoms with Gasteiger partial charge in [0.25, 0.3) is 5.91 Å². The number of amides is 1. The van der Waals surface area contributed by atoms with Crippen LogP contribution in [0.4, 0.5) is 5.69 Å². The van der Waals surface area contributed by atoms with Gasteiger partial charge in [-0.25, -0.2) is 0 Å². The number of halogens is 1. The molecule has 0 atom stereocenters. The predicted molar refractivity (Wildman–Crippen MR) is 67.6 cm³/mol. The van der Waals surface area contributed by atoms with E-state index >= 15 is 0 Å². The number of hydrogen-bond acceptors (Lipinski definition) is 2. The van der Waals surface area contributed by atoms with Gasteiger partial charge in [0, 0.05) is 12.2 Å². The maximum absolute atomic E-state index is 11.7. The molecule has 1 rings (SSSR count). The smallest absolute Gasteiger partial charge is 0.254 e. The van der Waals surface area contributed by atoms with Crippen LogP contribution in [0.1, 0.15) is 23.7 Å². The largest absolute Gasteiger partial charge is 0.398 e. The highest BCUT2D eigenvalue weighted by Gasteiger charge is 2.12. The maximum Gasteiger partial charge on any atom is 0.254 e. The lowest BCUT2D eigenvalue weighted by Gasteiger charge is -2.07. The van der Waals surface area contributed by atoms with Crippen LogP contribution in [0.25, 0.3) is 0 Å². The molecule has 86 valence electrons. The number of benzene rings is 1.